The maximum atomic E-state index is 13.4. The molecule has 172 valence electrons. The number of carbonyl (C=O) groups is 1. The van der Waals surface area contributed by atoms with Crippen LogP contribution < -0.4 is 14.8 Å². The molecule has 1 aliphatic heterocycles. The van der Waals surface area contributed by atoms with Crippen LogP contribution in [0.5, 0.6) is 11.5 Å². The molecule has 0 unspecified atom stereocenters. The Bertz CT molecular complexity index is 1090. The average Bonchev–Trinajstić information content (AvgIpc) is 2.84. The number of nitrogens with zero attached hydrogens (tertiary/aromatic N) is 1. The molecular formula is C27H29FN2O3. The Hall–Kier alpha value is -3.38. The summed E-state index contributed by atoms with van der Waals surface area (Å²) >= 11 is 0. The first-order valence-corrected chi connectivity index (χ1v) is 11.1. The van der Waals surface area contributed by atoms with Crippen molar-refractivity contribution in [1.82, 2.24) is 10.2 Å². The summed E-state index contributed by atoms with van der Waals surface area (Å²) in [5.74, 6) is 1.11. The van der Waals surface area contributed by atoms with Crippen LogP contribution in [0.3, 0.4) is 0 Å². The van der Waals surface area contributed by atoms with E-state index in [1.165, 1.54) is 17.7 Å². The standard InChI is InChI=1S/C27H29FN2O3/c1-32-25-15-21-12-13-30(18-20-8-10-22(28)11-9-20)24(23(21)16-26(25)33-2)17-29-27(31)14-19-6-4-3-5-7-19/h3-11,15-16,24H,12-14,17-18H2,1-2H3,(H,29,31)/t24-/m0/s1. The lowest BCUT2D eigenvalue weighted by atomic mass is 9.91. The van der Waals surface area contributed by atoms with Crippen LogP contribution in [0.1, 0.15) is 28.3 Å². The Morgan fingerprint density at radius 1 is 1.00 bits per heavy atom. The Labute approximate surface area is 194 Å². The van der Waals surface area contributed by atoms with Gasteiger partial charge in [0.1, 0.15) is 5.82 Å². The van der Waals surface area contributed by atoms with Crippen molar-refractivity contribution in [2.24, 2.45) is 0 Å². The molecule has 0 aliphatic carbocycles. The molecule has 6 heteroatoms. The van der Waals surface area contributed by atoms with Crippen LogP contribution in [-0.2, 0) is 24.2 Å². The highest BCUT2D eigenvalue weighted by molar-refractivity contribution is 5.78. The van der Waals surface area contributed by atoms with E-state index in [2.05, 4.69) is 10.2 Å². The first-order valence-electron chi connectivity index (χ1n) is 11.1. The summed E-state index contributed by atoms with van der Waals surface area (Å²) in [5, 5.41) is 3.12. The van der Waals surface area contributed by atoms with Gasteiger partial charge in [0, 0.05) is 19.6 Å². The summed E-state index contributed by atoms with van der Waals surface area (Å²) in [7, 11) is 3.26. The fourth-order valence-corrected chi connectivity index (χ4v) is 4.39. The second kappa shape index (κ2) is 10.5. The van der Waals surface area contributed by atoms with E-state index in [1.807, 2.05) is 54.6 Å². The molecule has 5 nitrogen and oxygen atoms in total. The van der Waals surface area contributed by atoms with Crippen LogP contribution in [0.4, 0.5) is 4.39 Å². The van der Waals surface area contributed by atoms with E-state index in [0.29, 0.717) is 31.0 Å². The maximum Gasteiger partial charge on any atom is 0.224 e. The number of amides is 1. The van der Waals surface area contributed by atoms with Gasteiger partial charge in [0.25, 0.3) is 0 Å². The lowest BCUT2D eigenvalue weighted by Gasteiger charge is -2.38. The first kappa shape index (κ1) is 22.8. The largest absolute Gasteiger partial charge is 0.493 e. The minimum atomic E-state index is -0.246. The van der Waals surface area contributed by atoms with E-state index in [0.717, 1.165) is 29.7 Å². The van der Waals surface area contributed by atoms with E-state index in [9.17, 15) is 9.18 Å². The quantitative estimate of drug-likeness (QED) is 0.558. The van der Waals surface area contributed by atoms with Crippen molar-refractivity contribution in [3.8, 4) is 11.5 Å². The van der Waals surface area contributed by atoms with E-state index in [1.54, 1.807) is 14.2 Å². The normalized spacial score (nSPS) is 15.5. The number of rotatable bonds is 8. The zero-order chi connectivity index (χ0) is 23.2. The topological polar surface area (TPSA) is 50.8 Å². The summed E-state index contributed by atoms with van der Waals surface area (Å²) < 4.78 is 24.4. The lowest BCUT2D eigenvalue weighted by Crippen LogP contribution is -2.42. The third-order valence-corrected chi connectivity index (χ3v) is 6.11. The van der Waals surface area contributed by atoms with E-state index in [4.69, 9.17) is 9.47 Å². The molecule has 0 aromatic heterocycles. The molecule has 1 N–H and O–H groups in total. The molecule has 3 aromatic rings. The van der Waals surface area contributed by atoms with Gasteiger partial charge < -0.3 is 14.8 Å². The molecular weight excluding hydrogens is 419 g/mol. The molecule has 0 radical (unpaired) electrons. The van der Waals surface area contributed by atoms with Gasteiger partial charge in [0.2, 0.25) is 5.91 Å². The highest BCUT2D eigenvalue weighted by atomic mass is 19.1. The summed E-state index contributed by atoms with van der Waals surface area (Å²) in [6, 6.07) is 20.3. The molecule has 33 heavy (non-hydrogen) atoms. The Balaban J connectivity index is 1.57. The van der Waals surface area contributed by atoms with Gasteiger partial charge in [-0.15, -0.1) is 0 Å². The minimum Gasteiger partial charge on any atom is -0.493 e. The number of nitrogens with one attached hydrogen (secondary N) is 1. The van der Waals surface area contributed by atoms with Crippen LogP contribution in [-0.4, -0.2) is 38.1 Å². The first-order chi connectivity index (χ1) is 16.1. The lowest BCUT2D eigenvalue weighted by molar-refractivity contribution is -0.120. The molecule has 1 aliphatic rings. The highest BCUT2D eigenvalue weighted by Gasteiger charge is 2.29. The Morgan fingerprint density at radius 3 is 2.39 bits per heavy atom. The van der Waals surface area contributed by atoms with Crippen LogP contribution in [0.25, 0.3) is 0 Å². The molecule has 4 rings (SSSR count). The van der Waals surface area contributed by atoms with Crippen molar-refractivity contribution in [1.29, 1.82) is 0 Å². The van der Waals surface area contributed by atoms with Gasteiger partial charge in [0.15, 0.2) is 11.5 Å². The number of hydrogen-bond donors (Lipinski definition) is 1. The van der Waals surface area contributed by atoms with Crippen molar-refractivity contribution < 1.29 is 18.7 Å². The van der Waals surface area contributed by atoms with Gasteiger partial charge >= 0.3 is 0 Å². The zero-order valence-corrected chi connectivity index (χ0v) is 19.0. The number of methoxy groups -OCH3 is 2. The number of carbonyl (C=O) groups excluding carboxylic acids is 1. The molecule has 0 saturated heterocycles. The number of fused-ring (bicyclic) bond motifs is 1. The zero-order valence-electron chi connectivity index (χ0n) is 19.0. The van der Waals surface area contributed by atoms with Gasteiger partial charge in [-0.1, -0.05) is 42.5 Å². The van der Waals surface area contributed by atoms with Gasteiger partial charge in [-0.2, -0.15) is 0 Å². The predicted octanol–water partition coefficient (Wildman–Crippen LogP) is 4.30. The molecule has 1 atom stereocenters. The molecule has 0 bridgehead atoms. The summed E-state index contributed by atoms with van der Waals surface area (Å²) in [6.07, 6.45) is 1.19. The van der Waals surface area contributed by atoms with Gasteiger partial charge in [-0.3, -0.25) is 9.69 Å². The molecule has 0 fully saturated rings. The third-order valence-electron chi connectivity index (χ3n) is 6.11. The highest BCUT2D eigenvalue weighted by Crippen LogP contribution is 2.38. The molecule has 3 aromatic carbocycles. The fourth-order valence-electron chi connectivity index (χ4n) is 4.39. The van der Waals surface area contributed by atoms with E-state index in [-0.39, 0.29) is 17.8 Å². The molecule has 1 amide bonds. The van der Waals surface area contributed by atoms with Gasteiger partial charge in [-0.25, -0.2) is 4.39 Å². The molecule has 1 heterocycles. The maximum absolute atomic E-state index is 13.4. The number of halogens is 1. The van der Waals surface area contributed by atoms with Crippen molar-refractivity contribution in [3.05, 3.63) is 94.8 Å². The van der Waals surface area contributed by atoms with Crippen LogP contribution in [0, 0.1) is 5.82 Å². The molecule has 0 saturated carbocycles. The van der Waals surface area contributed by atoms with Crippen LogP contribution in [0.15, 0.2) is 66.7 Å². The number of hydrogen-bond acceptors (Lipinski definition) is 4. The summed E-state index contributed by atoms with van der Waals surface area (Å²) in [4.78, 5) is 15.0. The number of benzene rings is 3. The monoisotopic (exact) mass is 448 g/mol. The Kier molecular flexibility index (Phi) is 7.25. The average molecular weight is 449 g/mol. The van der Waals surface area contributed by atoms with Gasteiger partial charge in [0.05, 0.1) is 26.7 Å². The second-order valence-corrected chi connectivity index (χ2v) is 8.24. The van der Waals surface area contributed by atoms with E-state index >= 15 is 0 Å². The summed E-state index contributed by atoms with van der Waals surface area (Å²) in [5.41, 5.74) is 4.31. The molecule has 0 spiro atoms. The third kappa shape index (κ3) is 5.52. The second-order valence-electron chi connectivity index (χ2n) is 8.24. The van der Waals surface area contributed by atoms with E-state index < -0.39 is 0 Å². The van der Waals surface area contributed by atoms with Crippen molar-refractivity contribution >= 4 is 5.91 Å². The summed E-state index contributed by atoms with van der Waals surface area (Å²) in [6.45, 7) is 1.95. The van der Waals surface area contributed by atoms with Crippen molar-refractivity contribution in [3.63, 3.8) is 0 Å². The van der Waals surface area contributed by atoms with Gasteiger partial charge in [-0.05, 0) is 52.9 Å². The van der Waals surface area contributed by atoms with Crippen molar-refractivity contribution in [2.75, 3.05) is 27.3 Å². The minimum absolute atomic E-state index is 0.0180. The fraction of sp³-hybridized carbons (Fsp3) is 0.296. The van der Waals surface area contributed by atoms with Crippen molar-refractivity contribution in [2.45, 2.75) is 25.4 Å². The van der Waals surface area contributed by atoms with Crippen LogP contribution >= 0.6 is 0 Å². The smallest absolute Gasteiger partial charge is 0.224 e. The predicted molar refractivity (Wildman–Crippen MR) is 126 cm³/mol. The Morgan fingerprint density at radius 2 is 1.70 bits per heavy atom. The number of ether oxygens (including phenoxy) is 2. The van der Waals surface area contributed by atoms with Crippen LogP contribution in [0.2, 0.25) is 0 Å². The SMILES string of the molecule is COc1cc2c(cc1OC)[C@H](CNC(=O)Cc1ccccc1)N(Cc1ccc(F)cc1)CC2.